The maximum atomic E-state index is 5.95. The molecule has 1 aromatic rings. The van der Waals surface area contributed by atoms with Crippen molar-refractivity contribution in [3.05, 3.63) is 34.9 Å². The summed E-state index contributed by atoms with van der Waals surface area (Å²) in [6, 6.07) is 9.14. The van der Waals surface area contributed by atoms with Crippen LogP contribution in [0.3, 0.4) is 0 Å². The van der Waals surface area contributed by atoms with E-state index in [2.05, 4.69) is 52.1 Å². The van der Waals surface area contributed by atoms with Gasteiger partial charge < -0.3 is 5.32 Å². The quantitative estimate of drug-likeness (QED) is 0.760. The third-order valence-electron chi connectivity index (χ3n) is 3.18. The zero-order valence-corrected chi connectivity index (χ0v) is 13.0. The smallest absolute Gasteiger partial charge is 0.0406 e. The maximum Gasteiger partial charge on any atom is 0.0406 e. The fourth-order valence-corrected chi connectivity index (χ4v) is 2.55. The van der Waals surface area contributed by atoms with Gasteiger partial charge in [-0.25, -0.2) is 0 Å². The van der Waals surface area contributed by atoms with E-state index in [0.29, 0.717) is 18.0 Å². The molecule has 1 rings (SSSR count). The van der Waals surface area contributed by atoms with E-state index in [1.54, 1.807) is 0 Å². The Labute approximate surface area is 117 Å². The van der Waals surface area contributed by atoms with Gasteiger partial charge >= 0.3 is 0 Å². The molecule has 0 fully saturated rings. The molecule has 0 bridgehead atoms. The standard InChI is InChI=1S/C16H26ClN/c1-11(2)10-13(5)18-16(12(3)4)14-6-8-15(17)9-7-14/h6-9,11-13,16,18H,10H2,1-5H3. The summed E-state index contributed by atoms with van der Waals surface area (Å²) in [5, 5.41) is 4.54. The van der Waals surface area contributed by atoms with Gasteiger partial charge in [-0.1, -0.05) is 51.4 Å². The lowest BCUT2D eigenvalue weighted by Crippen LogP contribution is -2.34. The van der Waals surface area contributed by atoms with Gasteiger partial charge in [-0.15, -0.1) is 0 Å². The van der Waals surface area contributed by atoms with Crippen LogP contribution in [0.15, 0.2) is 24.3 Å². The van der Waals surface area contributed by atoms with Crippen LogP contribution in [-0.4, -0.2) is 6.04 Å². The van der Waals surface area contributed by atoms with Crippen LogP contribution in [-0.2, 0) is 0 Å². The van der Waals surface area contributed by atoms with Crippen molar-refractivity contribution in [3.63, 3.8) is 0 Å². The lowest BCUT2D eigenvalue weighted by atomic mass is 9.94. The summed E-state index contributed by atoms with van der Waals surface area (Å²) in [6.45, 7) is 11.3. The van der Waals surface area contributed by atoms with Crippen molar-refractivity contribution in [1.82, 2.24) is 5.32 Å². The minimum atomic E-state index is 0.399. The summed E-state index contributed by atoms with van der Waals surface area (Å²) in [6.07, 6.45) is 1.21. The van der Waals surface area contributed by atoms with E-state index in [1.807, 2.05) is 12.1 Å². The van der Waals surface area contributed by atoms with Crippen LogP contribution in [0, 0.1) is 11.8 Å². The van der Waals surface area contributed by atoms with Gasteiger partial charge in [0.2, 0.25) is 0 Å². The Balaban J connectivity index is 2.74. The predicted octanol–water partition coefficient (Wildman–Crippen LogP) is 5.06. The molecule has 0 radical (unpaired) electrons. The van der Waals surface area contributed by atoms with Gasteiger partial charge in [0.25, 0.3) is 0 Å². The van der Waals surface area contributed by atoms with Crippen LogP contribution in [0.2, 0.25) is 5.02 Å². The SMILES string of the molecule is CC(C)CC(C)NC(c1ccc(Cl)cc1)C(C)C. The van der Waals surface area contributed by atoms with Crippen molar-refractivity contribution in [3.8, 4) is 0 Å². The Hall–Kier alpha value is -0.530. The van der Waals surface area contributed by atoms with E-state index in [0.717, 1.165) is 10.9 Å². The normalized spacial score (nSPS) is 15.1. The third kappa shape index (κ3) is 4.99. The Morgan fingerprint density at radius 2 is 1.56 bits per heavy atom. The van der Waals surface area contributed by atoms with E-state index < -0.39 is 0 Å². The Kier molecular flexibility index (Phi) is 6.17. The first-order valence-corrected chi connectivity index (χ1v) is 7.29. The van der Waals surface area contributed by atoms with Crippen LogP contribution in [0.25, 0.3) is 0 Å². The van der Waals surface area contributed by atoms with Crippen LogP contribution >= 0.6 is 11.6 Å². The van der Waals surface area contributed by atoms with Crippen molar-refractivity contribution in [1.29, 1.82) is 0 Å². The molecule has 0 aromatic heterocycles. The molecule has 0 aliphatic rings. The lowest BCUT2D eigenvalue weighted by Gasteiger charge is -2.28. The van der Waals surface area contributed by atoms with Crippen molar-refractivity contribution in [2.45, 2.75) is 53.1 Å². The van der Waals surface area contributed by atoms with E-state index in [4.69, 9.17) is 11.6 Å². The molecule has 1 N–H and O–H groups in total. The molecule has 2 atom stereocenters. The highest BCUT2D eigenvalue weighted by molar-refractivity contribution is 6.30. The molecule has 0 heterocycles. The van der Waals surface area contributed by atoms with Crippen LogP contribution < -0.4 is 5.32 Å². The number of hydrogen-bond donors (Lipinski definition) is 1. The molecule has 0 aliphatic heterocycles. The lowest BCUT2D eigenvalue weighted by molar-refractivity contribution is 0.339. The highest BCUT2D eigenvalue weighted by atomic mass is 35.5. The topological polar surface area (TPSA) is 12.0 Å². The fraction of sp³-hybridized carbons (Fsp3) is 0.625. The zero-order valence-electron chi connectivity index (χ0n) is 12.2. The second-order valence-electron chi connectivity index (χ2n) is 5.97. The van der Waals surface area contributed by atoms with Crippen LogP contribution in [0.4, 0.5) is 0 Å². The summed E-state index contributed by atoms with van der Waals surface area (Å²) >= 11 is 5.95. The van der Waals surface area contributed by atoms with Gasteiger partial charge in [0, 0.05) is 17.1 Å². The van der Waals surface area contributed by atoms with Crippen LogP contribution in [0.5, 0.6) is 0 Å². The first-order valence-electron chi connectivity index (χ1n) is 6.91. The molecule has 0 saturated heterocycles. The number of nitrogens with one attached hydrogen (secondary N) is 1. The minimum Gasteiger partial charge on any atom is -0.307 e. The molecule has 1 aromatic carbocycles. The molecule has 2 unspecified atom stereocenters. The highest BCUT2D eigenvalue weighted by Crippen LogP contribution is 2.24. The molecule has 0 aliphatic carbocycles. The van der Waals surface area contributed by atoms with Crippen molar-refractivity contribution >= 4 is 11.6 Å². The van der Waals surface area contributed by atoms with E-state index in [-0.39, 0.29) is 0 Å². The van der Waals surface area contributed by atoms with Crippen molar-refractivity contribution in [2.24, 2.45) is 11.8 Å². The molecule has 18 heavy (non-hydrogen) atoms. The summed E-state index contributed by atoms with van der Waals surface area (Å²) < 4.78 is 0. The summed E-state index contributed by atoms with van der Waals surface area (Å²) in [4.78, 5) is 0. The number of hydrogen-bond acceptors (Lipinski definition) is 1. The van der Waals surface area contributed by atoms with Crippen molar-refractivity contribution in [2.75, 3.05) is 0 Å². The van der Waals surface area contributed by atoms with Gasteiger partial charge in [0.15, 0.2) is 0 Å². The second kappa shape index (κ2) is 7.16. The Morgan fingerprint density at radius 3 is 2.00 bits per heavy atom. The number of benzene rings is 1. The van der Waals surface area contributed by atoms with E-state index >= 15 is 0 Å². The van der Waals surface area contributed by atoms with Crippen molar-refractivity contribution < 1.29 is 0 Å². The van der Waals surface area contributed by atoms with Gasteiger partial charge in [0.1, 0.15) is 0 Å². The molecular weight excluding hydrogens is 242 g/mol. The molecule has 1 nitrogen and oxygen atoms in total. The maximum absolute atomic E-state index is 5.95. The summed E-state index contributed by atoms with van der Waals surface area (Å²) in [7, 11) is 0. The van der Waals surface area contributed by atoms with Gasteiger partial charge in [0.05, 0.1) is 0 Å². The molecule has 0 spiro atoms. The first-order chi connectivity index (χ1) is 8.40. The van der Waals surface area contributed by atoms with Gasteiger partial charge in [-0.05, 0) is 42.9 Å². The van der Waals surface area contributed by atoms with E-state index in [9.17, 15) is 0 Å². The number of rotatable bonds is 6. The largest absolute Gasteiger partial charge is 0.307 e. The molecule has 0 amide bonds. The first kappa shape index (κ1) is 15.5. The Bertz CT molecular complexity index is 343. The molecule has 2 heteroatoms. The average molecular weight is 268 g/mol. The number of halogens is 1. The Morgan fingerprint density at radius 1 is 1.00 bits per heavy atom. The molecular formula is C16H26ClN. The summed E-state index contributed by atoms with van der Waals surface area (Å²) in [5.74, 6) is 1.30. The molecule has 102 valence electrons. The monoisotopic (exact) mass is 267 g/mol. The predicted molar refractivity (Wildman–Crippen MR) is 81.1 cm³/mol. The second-order valence-corrected chi connectivity index (χ2v) is 6.41. The average Bonchev–Trinajstić information content (AvgIpc) is 2.26. The molecule has 0 saturated carbocycles. The van der Waals surface area contributed by atoms with E-state index in [1.165, 1.54) is 12.0 Å². The van der Waals surface area contributed by atoms with Crippen LogP contribution in [0.1, 0.15) is 52.6 Å². The third-order valence-corrected chi connectivity index (χ3v) is 3.44. The minimum absolute atomic E-state index is 0.399. The van der Waals surface area contributed by atoms with Gasteiger partial charge in [-0.2, -0.15) is 0 Å². The summed E-state index contributed by atoms with van der Waals surface area (Å²) in [5.41, 5.74) is 1.32. The fourth-order valence-electron chi connectivity index (χ4n) is 2.43. The highest BCUT2D eigenvalue weighted by Gasteiger charge is 2.18. The van der Waals surface area contributed by atoms with Gasteiger partial charge in [-0.3, -0.25) is 0 Å². The zero-order chi connectivity index (χ0) is 13.7.